The number of nitrogens with two attached hydrogens (primary N) is 1. The highest BCUT2D eigenvalue weighted by Crippen LogP contribution is 2.31. The third kappa shape index (κ3) is 2.09. The van der Waals surface area contributed by atoms with Crippen LogP contribution in [0.3, 0.4) is 0 Å². The third-order valence-corrected chi connectivity index (χ3v) is 2.94. The van der Waals surface area contributed by atoms with Crippen LogP contribution in [-0.4, -0.2) is 55.7 Å². The predicted octanol–water partition coefficient (Wildman–Crippen LogP) is -2.43. The van der Waals surface area contributed by atoms with E-state index in [4.69, 9.17) is 22.0 Å². The number of carbonyl (C=O) groups is 1. The molecule has 8 heteroatoms. The van der Waals surface area contributed by atoms with Crippen molar-refractivity contribution in [3.05, 3.63) is 17.7 Å². The van der Waals surface area contributed by atoms with Gasteiger partial charge in [0.1, 0.15) is 24.0 Å². The zero-order chi connectivity index (χ0) is 14.2. The first-order valence-corrected chi connectivity index (χ1v) is 5.47. The minimum absolute atomic E-state index is 0.170. The van der Waals surface area contributed by atoms with Gasteiger partial charge in [-0.2, -0.15) is 0 Å². The number of amides is 1. The van der Waals surface area contributed by atoms with Crippen LogP contribution in [0, 0.1) is 12.3 Å². The first kappa shape index (κ1) is 13.5. The quantitative estimate of drug-likeness (QED) is 0.451. The lowest BCUT2D eigenvalue weighted by atomic mass is 10.1. The molecule has 19 heavy (non-hydrogen) atoms. The Bertz CT molecular complexity index is 535. The fourth-order valence-electron chi connectivity index (χ4n) is 2.00. The molecule has 1 aliphatic rings. The number of hydrogen-bond donors (Lipinski definition) is 4. The van der Waals surface area contributed by atoms with Crippen molar-refractivity contribution in [2.45, 2.75) is 24.5 Å². The SMILES string of the molecule is C#Cc1cnc(C(N)=O)n1[C@@H]1O[C@H](CO)[C@@H](O)[C@H]1O. The zero-order valence-electron chi connectivity index (χ0n) is 9.80. The van der Waals surface area contributed by atoms with Crippen molar-refractivity contribution < 1.29 is 24.9 Å². The van der Waals surface area contributed by atoms with Gasteiger partial charge in [-0.05, 0) is 0 Å². The third-order valence-electron chi connectivity index (χ3n) is 2.94. The molecule has 1 fully saturated rings. The van der Waals surface area contributed by atoms with Crippen molar-refractivity contribution in [3.63, 3.8) is 0 Å². The summed E-state index contributed by atoms with van der Waals surface area (Å²) in [5.74, 6) is 1.23. The van der Waals surface area contributed by atoms with Crippen LogP contribution in [0.2, 0.25) is 0 Å². The second-order valence-corrected chi connectivity index (χ2v) is 4.07. The first-order chi connectivity index (χ1) is 9.01. The lowest BCUT2D eigenvalue weighted by Gasteiger charge is -2.19. The van der Waals surface area contributed by atoms with Gasteiger partial charge in [-0.25, -0.2) is 4.98 Å². The van der Waals surface area contributed by atoms with Gasteiger partial charge in [-0.1, -0.05) is 5.92 Å². The predicted molar refractivity (Wildman–Crippen MR) is 61.7 cm³/mol. The van der Waals surface area contributed by atoms with E-state index in [0.717, 1.165) is 4.57 Å². The fourth-order valence-corrected chi connectivity index (χ4v) is 2.00. The van der Waals surface area contributed by atoms with Gasteiger partial charge < -0.3 is 25.8 Å². The Balaban J connectivity index is 2.45. The first-order valence-electron chi connectivity index (χ1n) is 5.47. The molecule has 2 rings (SSSR count). The number of imidazole rings is 1. The molecule has 102 valence electrons. The minimum Gasteiger partial charge on any atom is -0.394 e. The molecule has 2 heterocycles. The lowest BCUT2D eigenvalue weighted by molar-refractivity contribution is -0.0538. The monoisotopic (exact) mass is 267 g/mol. The van der Waals surface area contributed by atoms with E-state index in [1.807, 2.05) is 0 Å². The molecule has 1 aromatic heterocycles. The molecule has 1 amide bonds. The van der Waals surface area contributed by atoms with E-state index in [9.17, 15) is 15.0 Å². The maximum atomic E-state index is 11.3. The van der Waals surface area contributed by atoms with E-state index in [-0.39, 0.29) is 11.5 Å². The summed E-state index contributed by atoms with van der Waals surface area (Å²) in [5, 5.41) is 28.6. The smallest absolute Gasteiger partial charge is 0.284 e. The van der Waals surface area contributed by atoms with Crippen LogP contribution in [0.4, 0.5) is 0 Å². The Morgan fingerprint density at radius 3 is 2.74 bits per heavy atom. The van der Waals surface area contributed by atoms with Crippen molar-refractivity contribution in [2.24, 2.45) is 5.73 Å². The van der Waals surface area contributed by atoms with E-state index in [0.29, 0.717) is 0 Å². The van der Waals surface area contributed by atoms with Gasteiger partial charge >= 0.3 is 0 Å². The summed E-state index contributed by atoms with van der Waals surface area (Å²) in [6, 6.07) is 0. The summed E-state index contributed by atoms with van der Waals surface area (Å²) in [6.45, 7) is -0.485. The molecule has 5 N–H and O–H groups in total. The molecule has 4 atom stereocenters. The number of aliphatic hydroxyl groups excluding tert-OH is 3. The molecule has 0 radical (unpaired) electrons. The van der Waals surface area contributed by atoms with Gasteiger partial charge in [0.15, 0.2) is 6.23 Å². The summed E-state index contributed by atoms with van der Waals surface area (Å²) in [5.41, 5.74) is 5.33. The molecule has 0 aromatic carbocycles. The molecule has 1 saturated heterocycles. The highest BCUT2D eigenvalue weighted by atomic mass is 16.6. The zero-order valence-corrected chi connectivity index (χ0v) is 9.80. The summed E-state index contributed by atoms with van der Waals surface area (Å²) in [7, 11) is 0. The maximum absolute atomic E-state index is 11.3. The maximum Gasteiger partial charge on any atom is 0.284 e. The van der Waals surface area contributed by atoms with Gasteiger partial charge in [0.25, 0.3) is 5.91 Å². The molecule has 0 spiro atoms. The highest BCUT2D eigenvalue weighted by molar-refractivity contribution is 5.89. The number of aromatic nitrogens is 2. The number of nitrogens with zero attached hydrogens (tertiary/aromatic N) is 2. The largest absolute Gasteiger partial charge is 0.394 e. The average Bonchev–Trinajstić information content (AvgIpc) is 2.92. The molecule has 0 bridgehead atoms. The van der Waals surface area contributed by atoms with E-state index in [2.05, 4.69) is 10.9 Å². The van der Waals surface area contributed by atoms with Gasteiger partial charge in [-0.15, -0.1) is 6.42 Å². The summed E-state index contributed by atoms with van der Waals surface area (Å²) >= 11 is 0. The normalized spacial score (nSPS) is 30.2. The molecule has 1 aromatic rings. The van der Waals surface area contributed by atoms with E-state index >= 15 is 0 Å². The van der Waals surface area contributed by atoms with Crippen molar-refractivity contribution in [1.82, 2.24) is 9.55 Å². The number of ether oxygens (including phenoxy) is 1. The standard InChI is InChI=1S/C11H13N3O5/c1-2-5-3-13-10(9(12)18)14(5)11-8(17)7(16)6(4-15)19-11/h1,3,6-8,11,15-17H,4H2,(H2,12,18)/t6-,7-,8-,11-/m1/s1. The summed E-state index contributed by atoms with van der Waals surface area (Å²) in [6.07, 6.45) is 1.72. The second kappa shape index (κ2) is 4.99. The van der Waals surface area contributed by atoms with Crippen LogP contribution < -0.4 is 5.73 Å². The van der Waals surface area contributed by atoms with Crippen molar-refractivity contribution in [2.75, 3.05) is 6.61 Å². The van der Waals surface area contributed by atoms with Gasteiger partial charge in [0.2, 0.25) is 5.82 Å². The van der Waals surface area contributed by atoms with Crippen LogP contribution in [0.15, 0.2) is 6.20 Å². The molecular formula is C11H13N3O5. The molecule has 0 unspecified atom stereocenters. The Hall–Kier alpha value is -1.92. The Labute approximate surface area is 108 Å². The highest BCUT2D eigenvalue weighted by Gasteiger charge is 2.45. The number of terminal acetylenes is 1. The average molecular weight is 267 g/mol. The Morgan fingerprint density at radius 2 is 2.26 bits per heavy atom. The van der Waals surface area contributed by atoms with Gasteiger partial charge in [0.05, 0.1) is 12.8 Å². The van der Waals surface area contributed by atoms with Crippen molar-refractivity contribution in [3.8, 4) is 12.3 Å². The molecule has 0 aliphatic carbocycles. The fraction of sp³-hybridized carbons (Fsp3) is 0.455. The molecule has 1 aliphatic heterocycles. The summed E-state index contributed by atoms with van der Waals surface area (Å²) < 4.78 is 6.41. The van der Waals surface area contributed by atoms with Crippen LogP contribution in [0.1, 0.15) is 22.5 Å². The number of carbonyl (C=O) groups excluding carboxylic acids is 1. The number of primary amides is 1. The number of rotatable bonds is 3. The van der Waals surface area contributed by atoms with Crippen LogP contribution in [0.5, 0.6) is 0 Å². The molecule has 8 nitrogen and oxygen atoms in total. The minimum atomic E-state index is -1.36. The Kier molecular flexibility index (Phi) is 3.55. The number of hydrogen-bond acceptors (Lipinski definition) is 6. The van der Waals surface area contributed by atoms with Crippen LogP contribution in [-0.2, 0) is 4.74 Å². The van der Waals surface area contributed by atoms with Crippen molar-refractivity contribution >= 4 is 5.91 Å². The molecular weight excluding hydrogens is 254 g/mol. The van der Waals surface area contributed by atoms with Crippen LogP contribution in [0.25, 0.3) is 0 Å². The van der Waals surface area contributed by atoms with Crippen LogP contribution >= 0.6 is 0 Å². The lowest BCUT2D eigenvalue weighted by Crippen LogP contribution is -2.34. The number of aliphatic hydroxyl groups is 3. The summed E-state index contributed by atoms with van der Waals surface area (Å²) in [4.78, 5) is 15.0. The second-order valence-electron chi connectivity index (χ2n) is 4.07. The Morgan fingerprint density at radius 1 is 1.58 bits per heavy atom. The van der Waals surface area contributed by atoms with E-state index < -0.39 is 37.1 Å². The van der Waals surface area contributed by atoms with Gasteiger partial charge in [-0.3, -0.25) is 9.36 Å². The topological polar surface area (TPSA) is 131 Å². The van der Waals surface area contributed by atoms with E-state index in [1.165, 1.54) is 6.20 Å². The van der Waals surface area contributed by atoms with Crippen molar-refractivity contribution in [1.29, 1.82) is 0 Å². The van der Waals surface area contributed by atoms with Gasteiger partial charge in [0, 0.05) is 0 Å². The van der Waals surface area contributed by atoms with E-state index in [1.54, 1.807) is 0 Å². The molecule has 0 saturated carbocycles.